The molecule has 0 saturated heterocycles. The van der Waals surface area contributed by atoms with Gasteiger partial charge < -0.3 is 10.5 Å². The van der Waals surface area contributed by atoms with E-state index in [9.17, 15) is 8.78 Å². The van der Waals surface area contributed by atoms with Crippen LogP contribution in [-0.2, 0) is 6.54 Å². The molecule has 5 nitrogen and oxygen atoms in total. The maximum atomic E-state index is 13.1. The first-order chi connectivity index (χ1) is 11.6. The smallest absolute Gasteiger partial charge is 0.282 e. The maximum Gasteiger partial charge on any atom is 0.282 e. The molecule has 0 radical (unpaired) electrons. The lowest BCUT2D eigenvalue weighted by Crippen LogP contribution is -2.01. The second kappa shape index (κ2) is 8.04. The second-order valence-electron chi connectivity index (χ2n) is 5.13. The number of benzene rings is 1. The molecule has 132 valence electrons. The van der Waals surface area contributed by atoms with E-state index in [2.05, 4.69) is 10.1 Å². The highest BCUT2D eigenvalue weighted by Gasteiger charge is 2.18. The molecule has 0 bridgehead atoms. The van der Waals surface area contributed by atoms with Crippen LogP contribution in [0.2, 0.25) is 0 Å². The summed E-state index contributed by atoms with van der Waals surface area (Å²) in [6.07, 6.45) is -1.13. The van der Waals surface area contributed by atoms with E-state index in [4.69, 9.17) is 10.5 Å². The van der Waals surface area contributed by atoms with Gasteiger partial charge in [-0.2, -0.15) is 5.10 Å². The van der Waals surface area contributed by atoms with Gasteiger partial charge in [-0.25, -0.2) is 18.4 Å². The zero-order valence-electron chi connectivity index (χ0n) is 13.4. The number of nitrogens with two attached hydrogens (primary N) is 1. The van der Waals surface area contributed by atoms with Crippen LogP contribution < -0.4 is 10.5 Å². The number of alkyl halides is 2. The van der Waals surface area contributed by atoms with Crippen molar-refractivity contribution in [1.29, 1.82) is 0 Å². The molecule has 2 N–H and O–H groups in total. The predicted molar refractivity (Wildman–Crippen MR) is 93.4 cm³/mol. The van der Waals surface area contributed by atoms with Gasteiger partial charge in [0.25, 0.3) is 6.43 Å². The van der Waals surface area contributed by atoms with Gasteiger partial charge in [-0.15, -0.1) is 12.4 Å². The van der Waals surface area contributed by atoms with Gasteiger partial charge in [-0.1, -0.05) is 24.3 Å². The summed E-state index contributed by atoms with van der Waals surface area (Å²) in [5, 5.41) is 4.02. The number of rotatable bonds is 5. The van der Waals surface area contributed by atoms with Crippen LogP contribution in [0.15, 0.2) is 48.7 Å². The topological polar surface area (TPSA) is 66.0 Å². The number of aromatic nitrogens is 3. The van der Waals surface area contributed by atoms with Gasteiger partial charge in [0, 0.05) is 18.2 Å². The summed E-state index contributed by atoms with van der Waals surface area (Å²) in [5.41, 5.74) is 8.16. The van der Waals surface area contributed by atoms with Gasteiger partial charge in [-0.05, 0) is 17.7 Å². The molecule has 0 aliphatic heterocycles. The molecule has 0 unspecified atom stereocenters. The first kappa shape index (κ1) is 18.8. The summed E-state index contributed by atoms with van der Waals surface area (Å²) in [4.78, 5) is 4.10. The van der Waals surface area contributed by atoms with Crippen molar-refractivity contribution >= 4 is 12.4 Å². The Kier molecular flexibility index (Phi) is 6.06. The molecular weight excluding hydrogens is 350 g/mol. The largest absolute Gasteiger partial charge is 0.481 e. The average Bonchev–Trinajstić information content (AvgIpc) is 3.07. The Bertz CT molecular complexity index is 755. The molecule has 0 saturated carbocycles. The number of nitrogens with zero attached hydrogens (tertiary/aromatic N) is 3. The molecule has 0 amide bonds. The van der Waals surface area contributed by atoms with E-state index in [0.717, 1.165) is 11.1 Å². The van der Waals surface area contributed by atoms with Crippen LogP contribution in [0.25, 0.3) is 16.9 Å². The Labute approximate surface area is 149 Å². The van der Waals surface area contributed by atoms with Gasteiger partial charge in [0.2, 0.25) is 5.88 Å². The number of halogens is 3. The Hall–Kier alpha value is -2.51. The van der Waals surface area contributed by atoms with E-state index in [1.165, 1.54) is 24.1 Å². The summed E-state index contributed by atoms with van der Waals surface area (Å²) in [6.45, 7) is 0.421. The number of hydrogen-bond acceptors (Lipinski definition) is 4. The van der Waals surface area contributed by atoms with Gasteiger partial charge in [0.15, 0.2) is 0 Å². The van der Waals surface area contributed by atoms with Crippen molar-refractivity contribution in [2.75, 3.05) is 7.11 Å². The molecule has 8 heteroatoms. The molecule has 0 aliphatic carbocycles. The van der Waals surface area contributed by atoms with E-state index in [1.807, 2.05) is 24.3 Å². The molecule has 2 aromatic heterocycles. The summed E-state index contributed by atoms with van der Waals surface area (Å²) in [7, 11) is 1.51. The first-order valence-electron chi connectivity index (χ1n) is 7.30. The van der Waals surface area contributed by atoms with Gasteiger partial charge >= 0.3 is 0 Å². The van der Waals surface area contributed by atoms with Crippen LogP contribution in [0.5, 0.6) is 5.88 Å². The highest BCUT2D eigenvalue weighted by atomic mass is 35.5. The van der Waals surface area contributed by atoms with Crippen LogP contribution in [0.4, 0.5) is 8.78 Å². The summed E-state index contributed by atoms with van der Waals surface area (Å²) in [5.74, 6) is 0.439. The molecule has 0 spiro atoms. The SMILES string of the molecule is COc1ccc(-n2nc(C(F)F)cc2-c2ccc(CN)cc2)cn1.Cl. The maximum absolute atomic E-state index is 13.1. The first-order valence-corrected chi connectivity index (χ1v) is 7.30. The molecule has 2 heterocycles. The normalized spacial score (nSPS) is 10.6. The molecular formula is C17H17ClF2N4O. The van der Waals surface area contributed by atoms with E-state index < -0.39 is 6.43 Å². The Morgan fingerprint density at radius 2 is 1.88 bits per heavy atom. The van der Waals surface area contributed by atoms with Crippen molar-refractivity contribution in [2.24, 2.45) is 5.73 Å². The average molecular weight is 367 g/mol. The molecule has 0 atom stereocenters. The van der Waals surface area contributed by atoms with Crippen LogP contribution in [0, 0.1) is 0 Å². The highest BCUT2D eigenvalue weighted by molar-refractivity contribution is 5.85. The van der Waals surface area contributed by atoms with E-state index in [0.29, 0.717) is 23.8 Å². The third-order valence-electron chi connectivity index (χ3n) is 3.61. The van der Waals surface area contributed by atoms with Crippen LogP contribution >= 0.6 is 12.4 Å². The molecule has 1 aromatic carbocycles. The second-order valence-corrected chi connectivity index (χ2v) is 5.13. The summed E-state index contributed by atoms with van der Waals surface area (Å²) < 4.78 is 32.7. The zero-order valence-corrected chi connectivity index (χ0v) is 14.2. The van der Waals surface area contributed by atoms with Crippen LogP contribution in [0.1, 0.15) is 17.7 Å². The van der Waals surface area contributed by atoms with E-state index in [1.54, 1.807) is 12.1 Å². The fraction of sp³-hybridized carbons (Fsp3) is 0.176. The molecule has 3 aromatic rings. The standard InChI is InChI=1S/C17H16F2N4O.ClH/c1-24-16-7-6-13(10-21-16)23-15(8-14(22-23)17(18)19)12-4-2-11(9-20)3-5-12;/h2-8,10,17H,9,20H2,1H3;1H. The fourth-order valence-corrected chi connectivity index (χ4v) is 2.34. The number of methoxy groups -OCH3 is 1. The highest BCUT2D eigenvalue weighted by Crippen LogP contribution is 2.28. The van der Waals surface area contributed by atoms with Gasteiger partial charge in [-0.3, -0.25) is 0 Å². The monoisotopic (exact) mass is 366 g/mol. The minimum atomic E-state index is -2.65. The molecule has 25 heavy (non-hydrogen) atoms. The Balaban J connectivity index is 0.00000225. The van der Waals surface area contributed by atoms with E-state index in [-0.39, 0.29) is 18.1 Å². The molecule has 0 fully saturated rings. The van der Waals surface area contributed by atoms with Crippen LogP contribution in [0.3, 0.4) is 0 Å². The van der Waals surface area contributed by atoms with Crippen molar-refractivity contribution in [3.05, 3.63) is 59.9 Å². The third kappa shape index (κ3) is 3.94. The van der Waals surface area contributed by atoms with E-state index >= 15 is 0 Å². The number of hydrogen-bond donors (Lipinski definition) is 1. The predicted octanol–water partition coefficient (Wildman–Crippen LogP) is 3.76. The number of pyridine rings is 1. The lowest BCUT2D eigenvalue weighted by molar-refractivity contribution is 0.145. The Morgan fingerprint density at radius 1 is 1.16 bits per heavy atom. The lowest BCUT2D eigenvalue weighted by atomic mass is 10.1. The minimum absolute atomic E-state index is 0. The third-order valence-corrected chi connectivity index (χ3v) is 3.61. The van der Waals surface area contributed by atoms with Crippen LogP contribution in [-0.4, -0.2) is 21.9 Å². The molecule has 0 aliphatic rings. The molecule has 3 rings (SSSR count). The van der Waals surface area contributed by atoms with Crippen molar-refractivity contribution < 1.29 is 13.5 Å². The van der Waals surface area contributed by atoms with Crippen molar-refractivity contribution in [3.8, 4) is 22.8 Å². The number of ether oxygens (including phenoxy) is 1. The fourth-order valence-electron chi connectivity index (χ4n) is 2.34. The zero-order chi connectivity index (χ0) is 17.1. The summed E-state index contributed by atoms with van der Waals surface area (Å²) in [6, 6.07) is 12.1. The van der Waals surface area contributed by atoms with Crippen molar-refractivity contribution in [1.82, 2.24) is 14.8 Å². The minimum Gasteiger partial charge on any atom is -0.481 e. The lowest BCUT2D eigenvalue weighted by Gasteiger charge is -2.08. The summed E-state index contributed by atoms with van der Waals surface area (Å²) >= 11 is 0. The van der Waals surface area contributed by atoms with Gasteiger partial charge in [0.05, 0.1) is 24.7 Å². The van der Waals surface area contributed by atoms with Crippen molar-refractivity contribution in [2.45, 2.75) is 13.0 Å². The quantitative estimate of drug-likeness (QED) is 0.746. The van der Waals surface area contributed by atoms with Crippen molar-refractivity contribution in [3.63, 3.8) is 0 Å². The Morgan fingerprint density at radius 3 is 2.40 bits per heavy atom. The van der Waals surface area contributed by atoms with Gasteiger partial charge in [0.1, 0.15) is 5.69 Å².